The van der Waals surface area contributed by atoms with E-state index in [0.717, 1.165) is 13.0 Å². The van der Waals surface area contributed by atoms with E-state index >= 15 is 0 Å². The summed E-state index contributed by atoms with van der Waals surface area (Å²) in [6, 6.07) is 6.64. The Labute approximate surface area is 123 Å². The molecule has 0 saturated carbocycles. The fraction of sp³-hybridized carbons (Fsp3) is 0.647. The molecule has 1 N–H and O–H groups in total. The Kier molecular flexibility index (Phi) is 7.82. The maximum atomic E-state index is 5.78. The Morgan fingerprint density at radius 1 is 1.00 bits per heavy atom. The van der Waals surface area contributed by atoms with Crippen LogP contribution in [0, 0.1) is 13.8 Å². The Morgan fingerprint density at radius 3 is 2.15 bits per heavy atom. The third-order valence-corrected chi connectivity index (χ3v) is 3.44. The Morgan fingerprint density at radius 2 is 1.65 bits per heavy atom. The summed E-state index contributed by atoms with van der Waals surface area (Å²) in [7, 11) is 0. The molecular weight excluding hydrogens is 250 g/mol. The van der Waals surface area contributed by atoms with E-state index in [9.17, 15) is 0 Å². The lowest BCUT2D eigenvalue weighted by molar-refractivity contribution is -0.155. The Balaban J connectivity index is 2.98. The van der Waals surface area contributed by atoms with Crippen LogP contribution in [0.2, 0.25) is 0 Å². The van der Waals surface area contributed by atoms with E-state index < -0.39 is 0 Å². The fourth-order valence-corrected chi connectivity index (χ4v) is 2.20. The molecule has 20 heavy (non-hydrogen) atoms. The molecule has 1 aromatic carbocycles. The molecule has 0 heterocycles. The molecular formula is C17H29NO2. The minimum absolute atomic E-state index is 0.0779. The molecule has 0 aliphatic rings. The van der Waals surface area contributed by atoms with Crippen LogP contribution in [0.5, 0.6) is 0 Å². The van der Waals surface area contributed by atoms with E-state index in [1.807, 2.05) is 13.8 Å². The van der Waals surface area contributed by atoms with E-state index in [2.05, 4.69) is 44.3 Å². The first-order chi connectivity index (χ1) is 9.63. The van der Waals surface area contributed by atoms with Crippen LogP contribution in [0.15, 0.2) is 18.2 Å². The SMILES string of the molecule is CCCNC(c1ccc(C)c(C)c1)C(OCC)OCC. The van der Waals surface area contributed by atoms with Gasteiger partial charge in [0.25, 0.3) is 0 Å². The number of ether oxygens (including phenoxy) is 2. The maximum absolute atomic E-state index is 5.78. The Bertz CT molecular complexity index is 387. The lowest BCUT2D eigenvalue weighted by Gasteiger charge is -2.28. The number of aryl methyl sites for hydroxylation is 2. The Hall–Kier alpha value is -0.900. The van der Waals surface area contributed by atoms with Crippen LogP contribution in [-0.2, 0) is 9.47 Å². The molecule has 1 aromatic rings. The van der Waals surface area contributed by atoms with Crippen molar-refractivity contribution in [2.24, 2.45) is 0 Å². The molecule has 0 radical (unpaired) electrons. The van der Waals surface area contributed by atoms with Gasteiger partial charge in [-0.15, -0.1) is 0 Å². The van der Waals surface area contributed by atoms with Gasteiger partial charge in [-0.3, -0.25) is 0 Å². The summed E-state index contributed by atoms with van der Waals surface area (Å²) < 4.78 is 11.6. The number of benzene rings is 1. The van der Waals surface area contributed by atoms with E-state index in [-0.39, 0.29) is 12.3 Å². The monoisotopic (exact) mass is 279 g/mol. The lowest BCUT2D eigenvalue weighted by Crippen LogP contribution is -2.36. The standard InChI is InChI=1S/C17H29NO2/c1-6-11-18-16(17(19-7-2)20-8-3)15-10-9-13(4)14(5)12-15/h9-10,12,16-18H,6-8,11H2,1-5H3. The second-order valence-corrected chi connectivity index (χ2v) is 5.05. The summed E-state index contributed by atoms with van der Waals surface area (Å²) in [4.78, 5) is 0. The van der Waals surface area contributed by atoms with Crippen molar-refractivity contribution in [1.29, 1.82) is 0 Å². The lowest BCUT2D eigenvalue weighted by atomic mass is 10.0. The van der Waals surface area contributed by atoms with Gasteiger partial charge in [0.15, 0.2) is 6.29 Å². The highest BCUT2D eigenvalue weighted by molar-refractivity contribution is 5.32. The van der Waals surface area contributed by atoms with Gasteiger partial charge in [-0.2, -0.15) is 0 Å². The number of rotatable bonds is 9. The minimum Gasteiger partial charge on any atom is -0.351 e. The molecule has 1 rings (SSSR count). The normalized spacial score (nSPS) is 12.9. The molecule has 3 nitrogen and oxygen atoms in total. The van der Waals surface area contributed by atoms with Gasteiger partial charge in [0, 0.05) is 13.2 Å². The van der Waals surface area contributed by atoms with E-state index in [1.54, 1.807) is 0 Å². The zero-order valence-corrected chi connectivity index (χ0v) is 13.5. The van der Waals surface area contributed by atoms with Crippen molar-refractivity contribution in [2.45, 2.75) is 53.4 Å². The summed E-state index contributed by atoms with van der Waals surface area (Å²) >= 11 is 0. The number of hydrogen-bond acceptors (Lipinski definition) is 3. The van der Waals surface area contributed by atoms with Gasteiger partial charge < -0.3 is 14.8 Å². The molecule has 3 heteroatoms. The van der Waals surface area contributed by atoms with Crippen molar-refractivity contribution in [3.8, 4) is 0 Å². The second kappa shape index (κ2) is 9.11. The van der Waals surface area contributed by atoms with Crippen LogP contribution >= 0.6 is 0 Å². The van der Waals surface area contributed by atoms with Crippen molar-refractivity contribution in [1.82, 2.24) is 5.32 Å². The average Bonchev–Trinajstić information content (AvgIpc) is 2.43. The first-order valence-corrected chi connectivity index (χ1v) is 7.67. The van der Waals surface area contributed by atoms with E-state index in [1.165, 1.54) is 16.7 Å². The molecule has 0 aliphatic carbocycles. The molecule has 0 bridgehead atoms. The molecule has 114 valence electrons. The molecule has 1 unspecified atom stereocenters. The van der Waals surface area contributed by atoms with Crippen LogP contribution in [0.3, 0.4) is 0 Å². The molecule has 0 aliphatic heterocycles. The van der Waals surface area contributed by atoms with Gasteiger partial charge in [-0.1, -0.05) is 25.1 Å². The molecule has 0 amide bonds. The first kappa shape index (κ1) is 17.2. The highest BCUT2D eigenvalue weighted by Gasteiger charge is 2.23. The maximum Gasteiger partial charge on any atom is 0.176 e. The predicted octanol–water partition coefficient (Wildman–Crippen LogP) is 3.74. The van der Waals surface area contributed by atoms with Crippen LogP contribution < -0.4 is 5.32 Å². The van der Waals surface area contributed by atoms with Crippen molar-refractivity contribution in [2.75, 3.05) is 19.8 Å². The van der Waals surface area contributed by atoms with E-state index in [4.69, 9.17) is 9.47 Å². The van der Waals surface area contributed by atoms with Crippen LogP contribution in [-0.4, -0.2) is 26.0 Å². The topological polar surface area (TPSA) is 30.5 Å². The van der Waals surface area contributed by atoms with Crippen molar-refractivity contribution in [3.63, 3.8) is 0 Å². The smallest absolute Gasteiger partial charge is 0.176 e. The van der Waals surface area contributed by atoms with Gasteiger partial charge in [0.1, 0.15) is 0 Å². The molecule has 0 aromatic heterocycles. The minimum atomic E-state index is -0.237. The summed E-state index contributed by atoms with van der Waals surface area (Å²) in [5, 5.41) is 3.55. The zero-order chi connectivity index (χ0) is 15.0. The van der Waals surface area contributed by atoms with Crippen LogP contribution in [0.4, 0.5) is 0 Å². The van der Waals surface area contributed by atoms with Gasteiger partial charge in [-0.05, 0) is 57.4 Å². The third-order valence-electron chi connectivity index (χ3n) is 3.44. The van der Waals surface area contributed by atoms with Gasteiger partial charge in [-0.25, -0.2) is 0 Å². The third kappa shape index (κ3) is 4.89. The van der Waals surface area contributed by atoms with Crippen LogP contribution in [0.1, 0.15) is 49.9 Å². The summed E-state index contributed by atoms with van der Waals surface area (Å²) in [6.45, 7) is 12.7. The molecule has 0 saturated heterocycles. The van der Waals surface area contributed by atoms with Gasteiger partial charge in [0.2, 0.25) is 0 Å². The summed E-state index contributed by atoms with van der Waals surface area (Å²) in [6.07, 6.45) is 0.852. The van der Waals surface area contributed by atoms with Crippen molar-refractivity contribution < 1.29 is 9.47 Å². The summed E-state index contributed by atoms with van der Waals surface area (Å²) in [5.74, 6) is 0. The second-order valence-electron chi connectivity index (χ2n) is 5.05. The van der Waals surface area contributed by atoms with Gasteiger partial charge in [0.05, 0.1) is 6.04 Å². The molecule has 0 fully saturated rings. The molecule has 0 spiro atoms. The van der Waals surface area contributed by atoms with Crippen molar-refractivity contribution >= 4 is 0 Å². The first-order valence-electron chi connectivity index (χ1n) is 7.67. The largest absolute Gasteiger partial charge is 0.351 e. The highest BCUT2D eigenvalue weighted by atomic mass is 16.7. The number of hydrogen-bond donors (Lipinski definition) is 1. The quantitative estimate of drug-likeness (QED) is 0.698. The fourth-order valence-electron chi connectivity index (χ4n) is 2.20. The van der Waals surface area contributed by atoms with Crippen molar-refractivity contribution in [3.05, 3.63) is 34.9 Å². The average molecular weight is 279 g/mol. The number of nitrogens with one attached hydrogen (secondary N) is 1. The highest BCUT2D eigenvalue weighted by Crippen LogP contribution is 2.23. The van der Waals surface area contributed by atoms with Crippen LogP contribution in [0.25, 0.3) is 0 Å². The zero-order valence-electron chi connectivity index (χ0n) is 13.5. The molecule has 1 atom stereocenters. The predicted molar refractivity (Wildman–Crippen MR) is 84.0 cm³/mol. The summed E-state index contributed by atoms with van der Waals surface area (Å²) in [5.41, 5.74) is 3.85. The van der Waals surface area contributed by atoms with Gasteiger partial charge >= 0.3 is 0 Å². The van der Waals surface area contributed by atoms with E-state index in [0.29, 0.717) is 13.2 Å².